The van der Waals surface area contributed by atoms with Gasteiger partial charge in [0.2, 0.25) is 10.0 Å². The lowest BCUT2D eigenvalue weighted by molar-refractivity contribution is -0.147. The third-order valence-corrected chi connectivity index (χ3v) is 6.89. The number of piperidine rings is 1. The van der Waals surface area contributed by atoms with Crippen molar-refractivity contribution >= 4 is 27.6 Å². The molecule has 2 aromatic carbocycles. The van der Waals surface area contributed by atoms with Crippen LogP contribution in [0.4, 0.5) is 8.78 Å². The van der Waals surface area contributed by atoms with Gasteiger partial charge in [0.05, 0.1) is 18.0 Å². The third-order valence-electron chi connectivity index (χ3n) is 4.70. The minimum atomic E-state index is -4.18. The second-order valence-corrected chi connectivity index (χ2v) is 8.76. The maximum atomic E-state index is 13.8. The number of hydrogen-bond donors (Lipinski definition) is 0. The van der Waals surface area contributed by atoms with Gasteiger partial charge in [-0.15, -0.1) is 0 Å². The van der Waals surface area contributed by atoms with Crippen LogP contribution < -0.4 is 0 Å². The van der Waals surface area contributed by atoms with E-state index in [9.17, 15) is 22.0 Å². The van der Waals surface area contributed by atoms with Gasteiger partial charge in [-0.05, 0) is 61.2 Å². The van der Waals surface area contributed by atoms with E-state index in [-0.39, 0.29) is 16.9 Å². The first-order valence-electron chi connectivity index (χ1n) is 8.57. The van der Waals surface area contributed by atoms with E-state index < -0.39 is 39.7 Å². The van der Waals surface area contributed by atoms with Crippen LogP contribution in [0.5, 0.6) is 0 Å². The molecule has 0 aliphatic carbocycles. The summed E-state index contributed by atoms with van der Waals surface area (Å²) >= 11 is 5.84. The Bertz CT molecular complexity index is 962. The quantitative estimate of drug-likeness (QED) is 0.687. The van der Waals surface area contributed by atoms with Crippen LogP contribution in [0.1, 0.15) is 30.9 Å². The highest BCUT2D eigenvalue weighted by Crippen LogP contribution is 2.39. The summed E-state index contributed by atoms with van der Waals surface area (Å²) in [5.41, 5.74) is 0.142. The summed E-state index contributed by atoms with van der Waals surface area (Å²) in [6.45, 7) is 0. The zero-order valence-electron chi connectivity index (χ0n) is 14.9. The minimum Gasteiger partial charge on any atom is -0.468 e. The van der Waals surface area contributed by atoms with Crippen LogP contribution in [0.25, 0.3) is 0 Å². The van der Waals surface area contributed by atoms with E-state index in [1.54, 1.807) is 0 Å². The minimum absolute atomic E-state index is 0.0745. The van der Waals surface area contributed by atoms with Gasteiger partial charge in [0.15, 0.2) is 0 Å². The van der Waals surface area contributed by atoms with E-state index in [1.165, 1.54) is 31.4 Å². The number of halogens is 3. The van der Waals surface area contributed by atoms with Crippen molar-refractivity contribution in [3.63, 3.8) is 0 Å². The number of nitrogens with zero attached hydrogens (tertiary/aromatic N) is 1. The Morgan fingerprint density at radius 3 is 2.29 bits per heavy atom. The maximum Gasteiger partial charge on any atom is 0.324 e. The maximum absolute atomic E-state index is 13.8. The zero-order chi connectivity index (χ0) is 20.5. The van der Waals surface area contributed by atoms with Gasteiger partial charge in [-0.3, -0.25) is 4.79 Å². The highest BCUT2D eigenvalue weighted by atomic mass is 35.5. The number of carbonyl (C=O) groups is 1. The van der Waals surface area contributed by atoms with Crippen molar-refractivity contribution in [2.75, 3.05) is 7.11 Å². The van der Waals surface area contributed by atoms with Gasteiger partial charge in [0, 0.05) is 11.1 Å². The van der Waals surface area contributed by atoms with Crippen molar-refractivity contribution in [3.8, 4) is 0 Å². The largest absolute Gasteiger partial charge is 0.468 e. The number of esters is 1. The topological polar surface area (TPSA) is 63.7 Å². The molecule has 2 aromatic rings. The normalized spacial score (nSPS) is 20.7. The first-order chi connectivity index (χ1) is 13.2. The van der Waals surface area contributed by atoms with Crippen LogP contribution in [0, 0.1) is 11.6 Å². The first-order valence-corrected chi connectivity index (χ1v) is 10.4. The Labute approximate surface area is 166 Å². The number of hydrogen-bond acceptors (Lipinski definition) is 4. The fraction of sp³-hybridized carbons (Fsp3) is 0.316. The molecule has 5 nitrogen and oxygen atoms in total. The fourth-order valence-electron chi connectivity index (χ4n) is 3.48. The molecule has 0 aromatic heterocycles. The molecule has 1 heterocycles. The Balaban J connectivity index is 2.14. The SMILES string of the molecule is COC(=O)[C@H]1CCC[C@@H](c2cc(F)cc(F)c2)N1S(=O)(=O)c1ccc(Cl)cc1. The van der Waals surface area contributed by atoms with Crippen LogP contribution in [-0.2, 0) is 19.6 Å². The van der Waals surface area contributed by atoms with E-state index in [0.717, 1.165) is 16.4 Å². The van der Waals surface area contributed by atoms with Crippen molar-refractivity contribution in [2.45, 2.75) is 36.2 Å². The molecule has 1 aliphatic rings. The Morgan fingerprint density at radius 2 is 1.71 bits per heavy atom. The van der Waals surface area contributed by atoms with Crippen LogP contribution in [0.2, 0.25) is 5.02 Å². The summed E-state index contributed by atoms with van der Waals surface area (Å²) in [6.07, 6.45) is 1.05. The van der Waals surface area contributed by atoms with E-state index in [0.29, 0.717) is 23.9 Å². The number of carbonyl (C=O) groups excluding carboxylic acids is 1. The summed E-state index contributed by atoms with van der Waals surface area (Å²) in [7, 11) is -3.01. The van der Waals surface area contributed by atoms with Crippen molar-refractivity contribution in [2.24, 2.45) is 0 Å². The molecule has 0 N–H and O–H groups in total. The van der Waals surface area contributed by atoms with Gasteiger partial charge in [0.25, 0.3) is 0 Å². The summed E-state index contributed by atoms with van der Waals surface area (Å²) < 4.78 is 60.1. The molecule has 150 valence electrons. The predicted octanol–water partition coefficient (Wildman–Crippen LogP) is 4.08. The first kappa shape index (κ1) is 20.7. The average molecular weight is 430 g/mol. The highest BCUT2D eigenvalue weighted by molar-refractivity contribution is 7.89. The molecule has 1 aliphatic heterocycles. The molecule has 1 fully saturated rings. The van der Waals surface area contributed by atoms with E-state index in [1.807, 2.05) is 0 Å². The van der Waals surface area contributed by atoms with Crippen molar-refractivity contribution < 1.29 is 26.7 Å². The molecular formula is C19H18ClF2NO4S. The molecule has 9 heteroatoms. The number of sulfonamides is 1. The molecule has 0 unspecified atom stereocenters. The molecule has 1 saturated heterocycles. The summed E-state index contributed by atoms with van der Waals surface area (Å²) in [4.78, 5) is 12.2. The molecular weight excluding hydrogens is 412 g/mol. The summed E-state index contributed by atoms with van der Waals surface area (Å²) in [6, 6.07) is 6.34. The highest BCUT2D eigenvalue weighted by Gasteiger charge is 2.44. The summed E-state index contributed by atoms with van der Waals surface area (Å²) in [5.74, 6) is -2.36. The fourth-order valence-corrected chi connectivity index (χ4v) is 5.42. The molecule has 3 rings (SSSR count). The number of benzene rings is 2. The third kappa shape index (κ3) is 4.04. The lowest BCUT2D eigenvalue weighted by atomic mass is 9.93. The lowest BCUT2D eigenvalue weighted by Crippen LogP contribution is -2.49. The monoisotopic (exact) mass is 429 g/mol. The van der Waals surface area contributed by atoms with Crippen molar-refractivity contribution in [3.05, 3.63) is 64.7 Å². The Kier molecular flexibility index (Phi) is 6.02. The van der Waals surface area contributed by atoms with Crippen LogP contribution in [0.15, 0.2) is 47.4 Å². The van der Waals surface area contributed by atoms with Crippen molar-refractivity contribution in [1.29, 1.82) is 0 Å². The molecule has 0 saturated carbocycles. The van der Waals surface area contributed by atoms with Gasteiger partial charge in [-0.25, -0.2) is 17.2 Å². The molecule has 0 bridgehead atoms. The van der Waals surface area contributed by atoms with Gasteiger partial charge in [-0.2, -0.15) is 4.31 Å². The zero-order valence-corrected chi connectivity index (χ0v) is 16.5. The van der Waals surface area contributed by atoms with Crippen LogP contribution in [-0.4, -0.2) is 31.8 Å². The van der Waals surface area contributed by atoms with E-state index in [2.05, 4.69) is 0 Å². The number of methoxy groups -OCH3 is 1. The van der Waals surface area contributed by atoms with Gasteiger partial charge < -0.3 is 4.74 Å². The van der Waals surface area contributed by atoms with Crippen LogP contribution >= 0.6 is 11.6 Å². The van der Waals surface area contributed by atoms with Gasteiger partial charge >= 0.3 is 5.97 Å². The standard InChI is InChI=1S/C19H18ClF2NO4S/c1-27-19(24)18-4-2-3-17(12-9-14(21)11-15(22)10-12)23(18)28(25,26)16-7-5-13(20)6-8-16/h5-11,17-18H,2-4H2,1H3/t17-,18+/m0/s1. The molecule has 0 spiro atoms. The second kappa shape index (κ2) is 8.14. The molecule has 0 radical (unpaired) electrons. The van der Waals surface area contributed by atoms with E-state index in [4.69, 9.17) is 16.3 Å². The molecule has 0 amide bonds. The van der Waals surface area contributed by atoms with Gasteiger partial charge in [-0.1, -0.05) is 11.6 Å². The van der Waals surface area contributed by atoms with Crippen LogP contribution in [0.3, 0.4) is 0 Å². The average Bonchev–Trinajstić information content (AvgIpc) is 2.66. The predicted molar refractivity (Wildman–Crippen MR) is 99.2 cm³/mol. The molecule has 2 atom stereocenters. The summed E-state index contributed by atoms with van der Waals surface area (Å²) in [5, 5.41) is 0.353. The number of ether oxygens (including phenoxy) is 1. The Morgan fingerprint density at radius 1 is 1.11 bits per heavy atom. The Hall–Kier alpha value is -2.03. The van der Waals surface area contributed by atoms with Gasteiger partial charge in [0.1, 0.15) is 17.7 Å². The number of rotatable bonds is 4. The lowest BCUT2D eigenvalue weighted by Gasteiger charge is -2.39. The molecule has 28 heavy (non-hydrogen) atoms. The second-order valence-electron chi connectivity index (χ2n) is 6.48. The smallest absolute Gasteiger partial charge is 0.324 e. The van der Waals surface area contributed by atoms with Crippen molar-refractivity contribution in [1.82, 2.24) is 4.31 Å². The van der Waals surface area contributed by atoms with E-state index >= 15 is 0 Å².